The predicted octanol–water partition coefficient (Wildman–Crippen LogP) is 5.48. The van der Waals surface area contributed by atoms with E-state index in [2.05, 4.69) is 4.74 Å². The molecule has 0 unspecified atom stereocenters. The SMILES string of the molecule is Nc1c2cc(Cl)c(Cl)cc2cn1Cc1cccc(OC(F)(F)F)c1. The molecule has 24 heavy (non-hydrogen) atoms. The topological polar surface area (TPSA) is 40.2 Å². The normalized spacial score (nSPS) is 11.9. The minimum Gasteiger partial charge on any atom is -0.406 e. The average molecular weight is 375 g/mol. The van der Waals surface area contributed by atoms with Gasteiger partial charge in [0.15, 0.2) is 0 Å². The maximum atomic E-state index is 12.3. The number of aromatic nitrogens is 1. The van der Waals surface area contributed by atoms with E-state index < -0.39 is 6.36 Å². The number of anilines is 1. The van der Waals surface area contributed by atoms with Gasteiger partial charge in [0, 0.05) is 23.5 Å². The van der Waals surface area contributed by atoms with Gasteiger partial charge in [0.2, 0.25) is 0 Å². The van der Waals surface area contributed by atoms with Crippen LogP contribution >= 0.6 is 23.2 Å². The van der Waals surface area contributed by atoms with Gasteiger partial charge in [-0.1, -0.05) is 35.3 Å². The van der Waals surface area contributed by atoms with Crippen molar-refractivity contribution in [1.29, 1.82) is 0 Å². The highest BCUT2D eigenvalue weighted by atomic mass is 35.5. The molecule has 0 aliphatic rings. The first kappa shape index (κ1) is 16.8. The summed E-state index contributed by atoms with van der Waals surface area (Å²) in [5.74, 6) is 0.173. The van der Waals surface area contributed by atoms with Crippen molar-refractivity contribution in [3.8, 4) is 5.75 Å². The first-order valence-electron chi connectivity index (χ1n) is 6.81. The van der Waals surface area contributed by atoms with Gasteiger partial charge in [0.25, 0.3) is 0 Å². The quantitative estimate of drug-likeness (QED) is 0.659. The molecular weight excluding hydrogens is 364 g/mol. The van der Waals surface area contributed by atoms with Crippen molar-refractivity contribution in [3.05, 3.63) is 58.2 Å². The molecule has 0 radical (unpaired) electrons. The Morgan fingerprint density at radius 2 is 1.79 bits per heavy atom. The number of nitrogens with two attached hydrogens (primary N) is 1. The molecule has 0 saturated carbocycles. The van der Waals surface area contributed by atoms with Crippen LogP contribution in [0.5, 0.6) is 5.75 Å². The summed E-state index contributed by atoms with van der Waals surface area (Å²) in [4.78, 5) is 0. The summed E-state index contributed by atoms with van der Waals surface area (Å²) in [5.41, 5.74) is 6.71. The van der Waals surface area contributed by atoms with Crippen molar-refractivity contribution >= 4 is 39.8 Å². The Morgan fingerprint density at radius 3 is 2.50 bits per heavy atom. The highest BCUT2D eigenvalue weighted by Crippen LogP contribution is 2.33. The van der Waals surface area contributed by atoms with Crippen LogP contribution in [0, 0.1) is 0 Å². The van der Waals surface area contributed by atoms with E-state index in [1.165, 1.54) is 18.2 Å². The lowest BCUT2D eigenvalue weighted by Crippen LogP contribution is -2.17. The monoisotopic (exact) mass is 374 g/mol. The van der Waals surface area contributed by atoms with Crippen molar-refractivity contribution in [1.82, 2.24) is 4.57 Å². The molecule has 1 aromatic heterocycles. The van der Waals surface area contributed by atoms with Gasteiger partial charge in [-0.3, -0.25) is 0 Å². The molecule has 0 aliphatic heterocycles. The first-order valence-corrected chi connectivity index (χ1v) is 7.56. The van der Waals surface area contributed by atoms with Crippen LogP contribution in [0.15, 0.2) is 42.6 Å². The Labute approximate surface area is 145 Å². The molecule has 0 atom stereocenters. The number of nitrogen functional groups attached to an aromatic ring is 1. The van der Waals surface area contributed by atoms with Gasteiger partial charge in [-0.15, -0.1) is 13.2 Å². The van der Waals surface area contributed by atoms with E-state index in [-0.39, 0.29) is 12.3 Å². The molecule has 1 heterocycles. The molecule has 2 N–H and O–H groups in total. The van der Waals surface area contributed by atoms with Gasteiger partial charge >= 0.3 is 6.36 Å². The number of rotatable bonds is 3. The van der Waals surface area contributed by atoms with Crippen molar-refractivity contribution in [2.24, 2.45) is 0 Å². The molecular formula is C16H11Cl2F3N2O. The summed E-state index contributed by atoms with van der Waals surface area (Å²) >= 11 is 12.0. The Balaban J connectivity index is 1.93. The van der Waals surface area contributed by atoms with Crippen LogP contribution in [-0.4, -0.2) is 10.9 Å². The lowest BCUT2D eigenvalue weighted by atomic mass is 10.2. The molecule has 8 heteroatoms. The Hall–Kier alpha value is -2.05. The van der Waals surface area contributed by atoms with E-state index in [4.69, 9.17) is 28.9 Å². The Kier molecular flexibility index (Phi) is 4.27. The lowest BCUT2D eigenvalue weighted by molar-refractivity contribution is -0.274. The number of ether oxygens (including phenoxy) is 1. The predicted molar refractivity (Wildman–Crippen MR) is 88.6 cm³/mol. The van der Waals surface area contributed by atoms with Crippen LogP contribution in [-0.2, 0) is 6.54 Å². The fourth-order valence-corrected chi connectivity index (χ4v) is 2.79. The number of benzene rings is 2. The molecule has 3 aromatic rings. The number of halogens is 5. The van der Waals surface area contributed by atoms with E-state index in [1.807, 2.05) is 0 Å². The summed E-state index contributed by atoms with van der Waals surface area (Å²) in [5, 5.41) is 2.31. The van der Waals surface area contributed by atoms with Gasteiger partial charge in [0.1, 0.15) is 11.6 Å². The van der Waals surface area contributed by atoms with Crippen molar-refractivity contribution in [2.45, 2.75) is 12.9 Å². The first-order chi connectivity index (χ1) is 11.2. The molecule has 0 saturated heterocycles. The number of alkyl halides is 3. The summed E-state index contributed by atoms with van der Waals surface area (Å²) in [7, 11) is 0. The molecule has 0 spiro atoms. The van der Waals surface area contributed by atoms with E-state index in [1.54, 1.807) is 29.0 Å². The molecule has 0 bridgehead atoms. The van der Waals surface area contributed by atoms with Crippen LogP contribution in [0.1, 0.15) is 5.56 Å². The number of hydrogen-bond acceptors (Lipinski definition) is 2. The van der Waals surface area contributed by atoms with Crippen LogP contribution in [0.3, 0.4) is 0 Å². The zero-order valence-corrected chi connectivity index (χ0v) is 13.6. The number of hydrogen-bond donors (Lipinski definition) is 1. The van der Waals surface area contributed by atoms with E-state index >= 15 is 0 Å². The van der Waals surface area contributed by atoms with E-state index in [0.29, 0.717) is 21.4 Å². The molecule has 0 amide bonds. The minimum atomic E-state index is -4.73. The van der Waals surface area contributed by atoms with Crippen LogP contribution in [0.4, 0.5) is 19.0 Å². The zero-order chi connectivity index (χ0) is 17.5. The third kappa shape index (κ3) is 3.55. The van der Waals surface area contributed by atoms with Crippen molar-refractivity contribution in [3.63, 3.8) is 0 Å². The fourth-order valence-electron chi connectivity index (χ4n) is 2.45. The van der Waals surface area contributed by atoms with Gasteiger partial charge in [0.05, 0.1) is 10.0 Å². The van der Waals surface area contributed by atoms with Gasteiger partial charge in [-0.25, -0.2) is 0 Å². The lowest BCUT2D eigenvalue weighted by Gasteiger charge is -2.11. The largest absolute Gasteiger partial charge is 0.573 e. The second-order valence-electron chi connectivity index (χ2n) is 5.19. The van der Waals surface area contributed by atoms with Gasteiger partial charge in [-0.05, 0) is 29.8 Å². The molecule has 126 valence electrons. The maximum Gasteiger partial charge on any atom is 0.573 e. The number of fused-ring (bicyclic) bond motifs is 1. The molecule has 0 aliphatic carbocycles. The Morgan fingerprint density at radius 1 is 1.08 bits per heavy atom. The van der Waals surface area contributed by atoms with Crippen LogP contribution < -0.4 is 10.5 Å². The molecule has 3 nitrogen and oxygen atoms in total. The molecule has 3 rings (SSSR count). The summed E-state index contributed by atoms with van der Waals surface area (Å²) in [6.07, 6.45) is -2.96. The van der Waals surface area contributed by atoms with Crippen molar-refractivity contribution < 1.29 is 17.9 Å². The standard InChI is InChI=1S/C16H11Cl2F3N2O/c17-13-5-10-8-23(15(22)12(10)6-14(13)18)7-9-2-1-3-11(4-9)24-16(19,20)21/h1-6,8H,7,22H2. The second-order valence-corrected chi connectivity index (χ2v) is 6.01. The Bertz CT molecular complexity index is 906. The second kappa shape index (κ2) is 6.11. The van der Waals surface area contributed by atoms with Gasteiger partial charge in [-0.2, -0.15) is 0 Å². The average Bonchev–Trinajstić information content (AvgIpc) is 2.75. The summed E-state index contributed by atoms with van der Waals surface area (Å²) in [6.45, 7) is 0.283. The minimum absolute atomic E-state index is 0.277. The highest BCUT2D eigenvalue weighted by molar-refractivity contribution is 6.43. The fraction of sp³-hybridized carbons (Fsp3) is 0.125. The zero-order valence-electron chi connectivity index (χ0n) is 12.1. The smallest absolute Gasteiger partial charge is 0.406 e. The third-order valence-corrected chi connectivity index (χ3v) is 4.18. The maximum absolute atomic E-state index is 12.3. The summed E-state index contributed by atoms with van der Waals surface area (Å²) in [6, 6.07) is 9.09. The van der Waals surface area contributed by atoms with Gasteiger partial charge < -0.3 is 15.0 Å². The molecule has 0 fully saturated rings. The highest BCUT2D eigenvalue weighted by Gasteiger charge is 2.31. The number of nitrogens with zero attached hydrogens (tertiary/aromatic N) is 1. The third-order valence-electron chi connectivity index (χ3n) is 3.46. The van der Waals surface area contributed by atoms with Crippen LogP contribution in [0.25, 0.3) is 10.8 Å². The summed E-state index contributed by atoms with van der Waals surface area (Å²) < 4.78 is 42.6. The van der Waals surface area contributed by atoms with E-state index in [9.17, 15) is 13.2 Å². The van der Waals surface area contributed by atoms with E-state index in [0.717, 1.165) is 10.8 Å². The van der Waals surface area contributed by atoms with Crippen LogP contribution in [0.2, 0.25) is 10.0 Å². The molecule has 2 aromatic carbocycles. The van der Waals surface area contributed by atoms with Crippen molar-refractivity contribution in [2.75, 3.05) is 5.73 Å².